The number of carbonyl (C=O) groups excluding carboxylic acids is 2. The highest BCUT2D eigenvalue weighted by atomic mass is 16.2. The van der Waals surface area contributed by atoms with Gasteiger partial charge in [-0.2, -0.15) is 0 Å². The number of piperazine rings is 1. The molecular formula is C27H33N5O2. The Balaban J connectivity index is 1.42. The number of nitrogens with zero attached hydrogens (tertiary/aromatic N) is 3. The van der Waals surface area contributed by atoms with Crippen LogP contribution >= 0.6 is 0 Å². The summed E-state index contributed by atoms with van der Waals surface area (Å²) in [6, 6.07) is 12.1. The minimum absolute atomic E-state index is 0.0214. The van der Waals surface area contributed by atoms with Crippen molar-refractivity contribution in [1.29, 1.82) is 0 Å². The van der Waals surface area contributed by atoms with Crippen molar-refractivity contribution in [3.63, 3.8) is 0 Å². The molecule has 178 valence electrons. The Kier molecular flexibility index (Phi) is 7.43. The number of para-hydroxylation sites is 2. The summed E-state index contributed by atoms with van der Waals surface area (Å²) in [4.78, 5) is 37.3. The quantitative estimate of drug-likeness (QED) is 0.496. The number of amides is 1. The number of H-pyrrole nitrogens is 1. The van der Waals surface area contributed by atoms with Gasteiger partial charge >= 0.3 is 0 Å². The predicted molar refractivity (Wildman–Crippen MR) is 136 cm³/mol. The first kappa shape index (κ1) is 23.7. The molecule has 0 saturated carbocycles. The van der Waals surface area contributed by atoms with Gasteiger partial charge in [0.05, 0.1) is 11.4 Å². The van der Waals surface area contributed by atoms with E-state index in [4.69, 9.17) is 0 Å². The SMILES string of the molecule is CCc1c(C(=O)Nc2ccccc2N2CCN(CCc3ccncc3)CC2)[nH]c(C)c1C(C)=O. The number of pyridine rings is 1. The van der Waals surface area contributed by atoms with Gasteiger partial charge in [-0.3, -0.25) is 19.5 Å². The molecule has 7 nitrogen and oxygen atoms in total. The fourth-order valence-corrected chi connectivity index (χ4v) is 4.79. The first-order valence-electron chi connectivity index (χ1n) is 12.0. The maximum absolute atomic E-state index is 13.2. The third-order valence-electron chi connectivity index (χ3n) is 6.56. The van der Waals surface area contributed by atoms with Crippen LogP contribution in [0.3, 0.4) is 0 Å². The summed E-state index contributed by atoms with van der Waals surface area (Å²) < 4.78 is 0. The van der Waals surface area contributed by atoms with Gasteiger partial charge in [0.1, 0.15) is 5.69 Å². The van der Waals surface area contributed by atoms with E-state index >= 15 is 0 Å². The Morgan fingerprint density at radius 3 is 2.44 bits per heavy atom. The maximum atomic E-state index is 13.2. The lowest BCUT2D eigenvalue weighted by atomic mass is 10.0. The molecule has 1 amide bonds. The molecule has 7 heteroatoms. The van der Waals surface area contributed by atoms with Crippen LogP contribution in [0.4, 0.5) is 11.4 Å². The highest BCUT2D eigenvalue weighted by molar-refractivity contribution is 6.08. The van der Waals surface area contributed by atoms with Gasteiger partial charge < -0.3 is 15.2 Å². The van der Waals surface area contributed by atoms with Crippen molar-refractivity contribution >= 4 is 23.1 Å². The van der Waals surface area contributed by atoms with E-state index in [1.165, 1.54) is 5.56 Å². The molecule has 2 N–H and O–H groups in total. The number of nitrogens with one attached hydrogen (secondary N) is 2. The second-order valence-electron chi connectivity index (χ2n) is 8.79. The Hall–Kier alpha value is -3.45. The molecule has 0 bridgehead atoms. The lowest BCUT2D eigenvalue weighted by molar-refractivity contribution is 0.101. The van der Waals surface area contributed by atoms with Crippen molar-refractivity contribution in [2.75, 3.05) is 42.9 Å². The molecule has 0 aliphatic carbocycles. The average molecular weight is 460 g/mol. The van der Waals surface area contributed by atoms with E-state index < -0.39 is 0 Å². The van der Waals surface area contributed by atoms with Crippen LogP contribution in [0.5, 0.6) is 0 Å². The average Bonchev–Trinajstić information content (AvgIpc) is 3.21. The lowest BCUT2D eigenvalue weighted by Gasteiger charge is -2.37. The molecule has 1 aromatic carbocycles. The number of anilines is 2. The normalized spacial score (nSPS) is 14.3. The van der Waals surface area contributed by atoms with Crippen LogP contribution in [0.2, 0.25) is 0 Å². The molecule has 3 aromatic rings. The van der Waals surface area contributed by atoms with Crippen molar-refractivity contribution in [3.8, 4) is 0 Å². The fraction of sp³-hybridized carbons (Fsp3) is 0.370. The number of aryl methyl sites for hydroxylation is 1. The van der Waals surface area contributed by atoms with Gasteiger partial charge in [-0.1, -0.05) is 19.1 Å². The zero-order valence-corrected chi connectivity index (χ0v) is 20.2. The molecule has 2 aromatic heterocycles. The largest absolute Gasteiger partial charge is 0.367 e. The fourth-order valence-electron chi connectivity index (χ4n) is 4.79. The molecule has 34 heavy (non-hydrogen) atoms. The number of Topliss-reactive ketones (excluding diaryl/α,β-unsaturated/α-hetero) is 1. The van der Waals surface area contributed by atoms with Crippen LogP contribution in [0.1, 0.15) is 51.5 Å². The van der Waals surface area contributed by atoms with Crippen molar-refractivity contribution in [2.24, 2.45) is 0 Å². The zero-order chi connectivity index (χ0) is 24.1. The van der Waals surface area contributed by atoms with Crippen LogP contribution in [0.25, 0.3) is 0 Å². The van der Waals surface area contributed by atoms with Crippen molar-refractivity contribution in [3.05, 3.63) is 76.9 Å². The van der Waals surface area contributed by atoms with Crippen LogP contribution in [0.15, 0.2) is 48.8 Å². The van der Waals surface area contributed by atoms with E-state index in [1.54, 1.807) is 6.92 Å². The van der Waals surface area contributed by atoms with Crippen molar-refractivity contribution < 1.29 is 9.59 Å². The minimum Gasteiger partial charge on any atom is -0.367 e. The Labute approximate surface area is 201 Å². The van der Waals surface area contributed by atoms with Crippen LogP contribution in [-0.4, -0.2) is 59.3 Å². The van der Waals surface area contributed by atoms with Gasteiger partial charge in [0.25, 0.3) is 5.91 Å². The van der Waals surface area contributed by atoms with E-state index in [1.807, 2.05) is 44.4 Å². The first-order chi connectivity index (χ1) is 16.5. The van der Waals surface area contributed by atoms with E-state index in [-0.39, 0.29) is 11.7 Å². The smallest absolute Gasteiger partial charge is 0.272 e. The molecule has 1 aliphatic heterocycles. The number of aromatic nitrogens is 2. The number of rotatable bonds is 8. The third kappa shape index (κ3) is 5.20. The molecule has 0 spiro atoms. The van der Waals surface area contributed by atoms with E-state index in [0.717, 1.165) is 61.8 Å². The highest BCUT2D eigenvalue weighted by Gasteiger charge is 2.24. The second kappa shape index (κ2) is 10.7. The molecule has 1 fully saturated rings. The van der Waals surface area contributed by atoms with Crippen LogP contribution in [-0.2, 0) is 12.8 Å². The number of hydrogen-bond donors (Lipinski definition) is 2. The van der Waals surface area contributed by atoms with Gasteiger partial charge in [-0.25, -0.2) is 0 Å². The maximum Gasteiger partial charge on any atom is 0.272 e. The molecule has 0 unspecified atom stereocenters. The van der Waals surface area contributed by atoms with Gasteiger partial charge in [0.2, 0.25) is 0 Å². The van der Waals surface area contributed by atoms with Crippen molar-refractivity contribution in [2.45, 2.75) is 33.6 Å². The van der Waals surface area contributed by atoms with Gasteiger partial charge in [0.15, 0.2) is 5.78 Å². The molecule has 3 heterocycles. The molecule has 0 radical (unpaired) electrons. The lowest BCUT2D eigenvalue weighted by Crippen LogP contribution is -2.47. The summed E-state index contributed by atoms with van der Waals surface area (Å²) in [5, 5.41) is 3.09. The van der Waals surface area contributed by atoms with E-state index in [2.05, 4.69) is 43.3 Å². The number of aromatic amines is 1. The summed E-state index contributed by atoms with van der Waals surface area (Å²) in [7, 11) is 0. The number of carbonyl (C=O) groups is 2. The van der Waals surface area contributed by atoms with Gasteiger partial charge in [0, 0.05) is 56.4 Å². The molecular weight excluding hydrogens is 426 g/mol. The summed E-state index contributed by atoms with van der Waals surface area (Å²) in [5.41, 5.74) is 5.75. The summed E-state index contributed by atoms with van der Waals surface area (Å²) in [6.45, 7) is 10.1. The number of ketones is 1. The van der Waals surface area contributed by atoms with E-state index in [0.29, 0.717) is 17.7 Å². The van der Waals surface area contributed by atoms with E-state index in [9.17, 15) is 9.59 Å². The minimum atomic E-state index is -0.212. The zero-order valence-electron chi connectivity index (χ0n) is 20.2. The molecule has 4 rings (SSSR count). The summed E-state index contributed by atoms with van der Waals surface area (Å²) in [5.74, 6) is -0.234. The Bertz CT molecular complexity index is 1150. The standard InChI is InChI=1S/C27H33N5O2/c1-4-22-25(20(3)33)19(2)29-26(22)27(34)30-23-7-5-6-8-24(23)32-17-15-31(16-18-32)14-11-21-9-12-28-13-10-21/h5-10,12-13,29H,4,11,14-18H2,1-3H3,(H,30,34). The predicted octanol–water partition coefficient (Wildman–Crippen LogP) is 4.10. The number of hydrogen-bond acceptors (Lipinski definition) is 5. The molecule has 0 atom stereocenters. The Morgan fingerprint density at radius 2 is 1.76 bits per heavy atom. The molecule has 1 aliphatic rings. The Morgan fingerprint density at radius 1 is 1.06 bits per heavy atom. The van der Waals surface area contributed by atoms with Gasteiger partial charge in [-0.05, 0) is 62.1 Å². The van der Waals surface area contributed by atoms with Crippen LogP contribution < -0.4 is 10.2 Å². The third-order valence-corrected chi connectivity index (χ3v) is 6.56. The topological polar surface area (TPSA) is 81.3 Å². The molecule has 1 saturated heterocycles. The second-order valence-corrected chi connectivity index (χ2v) is 8.79. The van der Waals surface area contributed by atoms with Gasteiger partial charge in [-0.15, -0.1) is 0 Å². The first-order valence-corrected chi connectivity index (χ1v) is 12.0. The van der Waals surface area contributed by atoms with Crippen LogP contribution in [0, 0.1) is 6.92 Å². The monoisotopic (exact) mass is 459 g/mol. The summed E-state index contributed by atoms with van der Waals surface area (Å²) in [6.07, 6.45) is 5.33. The van der Waals surface area contributed by atoms with Crippen molar-refractivity contribution in [1.82, 2.24) is 14.9 Å². The highest BCUT2D eigenvalue weighted by Crippen LogP contribution is 2.28. The number of benzene rings is 1. The summed E-state index contributed by atoms with van der Waals surface area (Å²) >= 11 is 0.